The molecule has 0 radical (unpaired) electrons. The summed E-state index contributed by atoms with van der Waals surface area (Å²) in [6, 6.07) is 14.0. The van der Waals surface area contributed by atoms with Gasteiger partial charge >= 0.3 is 0 Å². The Labute approximate surface area is 194 Å². The van der Waals surface area contributed by atoms with Crippen LogP contribution in [0.5, 0.6) is 0 Å². The zero-order valence-corrected chi connectivity index (χ0v) is 18.4. The van der Waals surface area contributed by atoms with E-state index in [0.717, 1.165) is 5.56 Å². The maximum Gasteiger partial charge on any atom is 0.268 e. The summed E-state index contributed by atoms with van der Waals surface area (Å²) in [5.74, 6) is 0.457. The molecule has 0 spiro atoms. The normalized spacial score (nSPS) is 11.9. The van der Waals surface area contributed by atoms with Crippen molar-refractivity contribution in [1.29, 1.82) is 0 Å². The van der Waals surface area contributed by atoms with E-state index in [1.165, 1.54) is 4.90 Å². The number of hydrogen-bond acceptors (Lipinski definition) is 8. The van der Waals surface area contributed by atoms with Crippen molar-refractivity contribution < 1.29 is 23.7 Å². The molecule has 0 bridgehead atoms. The number of aromatic nitrogens is 4. The lowest BCUT2D eigenvalue weighted by Crippen LogP contribution is -2.21. The lowest BCUT2D eigenvalue weighted by molar-refractivity contribution is 0.0827. The molecule has 4 rings (SSSR count). The highest BCUT2D eigenvalue weighted by atomic mass is 16.4. The largest absolute Gasteiger partial charge is 0.415 e. The van der Waals surface area contributed by atoms with E-state index in [1.54, 1.807) is 63.6 Å². The molecule has 2 heterocycles. The first-order valence-electron chi connectivity index (χ1n) is 10.3. The number of aliphatic hydroxyl groups excluding tert-OH is 2. The van der Waals surface area contributed by atoms with Crippen LogP contribution in [-0.2, 0) is 0 Å². The number of carbonyl (C=O) groups is 1. The summed E-state index contributed by atoms with van der Waals surface area (Å²) in [6.45, 7) is 1.45. The molecule has 1 atom stereocenters. The van der Waals surface area contributed by atoms with Gasteiger partial charge in [-0.15, -0.1) is 10.2 Å². The Hall–Kier alpha value is -3.95. The molecule has 0 aliphatic rings. The van der Waals surface area contributed by atoms with E-state index in [1.807, 2.05) is 12.1 Å². The minimum absolute atomic E-state index is 0. The topological polar surface area (TPSA) is 125 Å². The monoisotopic (exact) mass is 451 g/mol. The van der Waals surface area contributed by atoms with Crippen LogP contribution in [0, 0.1) is 6.92 Å². The first kappa shape index (κ1) is 22.3. The molecule has 2 aromatic carbocycles. The van der Waals surface area contributed by atoms with Crippen molar-refractivity contribution in [1.82, 2.24) is 25.1 Å². The third kappa shape index (κ3) is 4.64. The number of carbonyl (C=O) groups excluding carboxylic acids is 1. The van der Waals surface area contributed by atoms with Crippen molar-refractivity contribution in [2.24, 2.45) is 0 Å². The van der Waals surface area contributed by atoms with Gasteiger partial charge in [-0.3, -0.25) is 9.78 Å². The van der Waals surface area contributed by atoms with Crippen LogP contribution in [0.15, 0.2) is 59.1 Å². The van der Waals surface area contributed by atoms with Crippen LogP contribution >= 0.6 is 0 Å². The van der Waals surface area contributed by atoms with E-state index < -0.39 is 6.10 Å². The summed E-state index contributed by atoms with van der Waals surface area (Å²) in [5.41, 5.74) is 4.36. The molecule has 0 aliphatic carbocycles. The van der Waals surface area contributed by atoms with E-state index in [9.17, 15) is 9.90 Å². The lowest BCUT2D eigenvalue weighted by atomic mass is 10.1. The van der Waals surface area contributed by atoms with Gasteiger partial charge in [0.25, 0.3) is 11.8 Å². The highest BCUT2D eigenvalue weighted by molar-refractivity contribution is 5.94. The quantitative estimate of drug-likeness (QED) is 0.455. The molecule has 0 saturated carbocycles. The molecule has 0 aliphatic heterocycles. The summed E-state index contributed by atoms with van der Waals surface area (Å²) in [6.07, 6.45) is 0.720. The van der Waals surface area contributed by atoms with E-state index in [0.29, 0.717) is 39.7 Å². The second kappa shape index (κ2) is 9.27. The minimum atomic E-state index is -0.937. The fourth-order valence-corrected chi connectivity index (χ4v) is 3.22. The number of benzene rings is 2. The number of rotatable bonds is 6. The first-order valence-corrected chi connectivity index (χ1v) is 10.3. The molecule has 0 saturated heterocycles. The molecule has 1 unspecified atom stereocenters. The molecule has 1 amide bonds. The van der Waals surface area contributed by atoms with Gasteiger partial charge in [0, 0.05) is 35.1 Å². The molecular formula is C24H29N5O4. The highest BCUT2D eigenvalue weighted by Gasteiger charge is 2.17. The number of aryl methyl sites for hydroxylation is 1. The van der Waals surface area contributed by atoms with Gasteiger partial charge < -0.3 is 19.5 Å². The third-order valence-electron chi connectivity index (χ3n) is 5.13. The van der Waals surface area contributed by atoms with Crippen LogP contribution in [0.4, 0.5) is 0 Å². The van der Waals surface area contributed by atoms with Crippen molar-refractivity contribution in [2.75, 3.05) is 20.7 Å². The average molecular weight is 452 g/mol. The predicted octanol–water partition coefficient (Wildman–Crippen LogP) is 3.63. The summed E-state index contributed by atoms with van der Waals surface area (Å²) in [7, 11) is 3.42. The van der Waals surface area contributed by atoms with Gasteiger partial charge in [0.2, 0.25) is 5.89 Å². The Morgan fingerprint density at radius 3 is 2.30 bits per heavy atom. The summed E-state index contributed by atoms with van der Waals surface area (Å²) >= 11 is 0. The minimum Gasteiger partial charge on any atom is -0.415 e. The van der Waals surface area contributed by atoms with Crippen LogP contribution in [0.2, 0.25) is 0 Å². The summed E-state index contributed by atoms with van der Waals surface area (Å²) in [5, 5.41) is 27.0. The van der Waals surface area contributed by atoms with E-state index in [2.05, 4.69) is 20.2 Å². The standard InChI is InChI=1S/C24H23N5O4.3H2/c1-14-21(23-28-27-22(33-23)17-8-6-16(7-9-17)20(31)13-30)26-19(12-25-14)15-4-10-18(11-5-15)24(32)29(2)3;;;/h4-12,20,30-31H,13H2,1-3H3;3*1H. The van der Waals surface area contributed by atoms with Crippen LogP contribution in [0.25, 0.3) is 34.3 Å². The zero-order chi connectivity index (χ0) is 23.5. The molecule has 9 nitrogen and oxygen atoms in total. The maximum absolute atomic E-state index is 12.1. The van der Waals surface area contributed by atoms with Gasteiger partial charge in [-0.25, -0.2) is 4.98 Å². The van der Waals surface area contributed by atoms with Gasteiger partial charge in [0.05, 0.1) is 24.2 Å². The van der Waals surface area contributed by atoms with Crippen LogP contribution in [0.3, 0.4) is 0 Å². The number of amides is 1. The fourth-order valence-electron chi connectivity index (χ4n) is 3.22. The van der Waals surface area contributed by atoms with Gasteiger partial charge in [-0.2, -0.15) is 0 Å². The number of aliphatic hydroxyl groups is 2. The Morgan fingerprint density at radius 2 is 1.67 bits per heavy atom. The van der Waals surface area contributed by atoms with Crippen LogP contribution < -0.4 is 0 Å². The second-order valence-electron chi connectivity index (χ2n) is 7.70. The summed E-state index contributed by atoms with van der Waals surface area (Å²) in [4.78, 5) is 22.7. The highest BCUT2D eigenvalue weighted by Crippen LogP contribution is 2.27. The number of hydrogen-bond donors (Lipinski definition) is 2. The Bertz CT molecular complexity index is 1280. The van der Waals surface area contributed by atoms with Crippen molar-refractivity contribution in [3.8, 4) is 34.3 Å². The summed E-state index contributed by atoms with van der Waals surface area (Å²) < 4.78 is 5.84. The fraction of sp³-hybridized carbons (Fsp3) is 0.208. The van der Waals surface area contributed by atoms with Crippen molar-refractivity contribution in [3.63, 3.8) is 0 Å². The molecule has 2 aromatic heterocycles. The zero-order valence-electron chi connectivity index (χ0n) is 18.4. The third-order valence-corrected chi connectivity index (χ3v) is 5.13. The van der Waals surface area contributed by atoms with Crippen molar-refractivity contribution in [2.45, 2.75) is 13.0 Å². The molecule has 2 N–H and O–H groups in total. The SMILES string of the molecule is Cc1ncc(-c2ccc(C(=O)N(C)C)cc2)nc1-c1nnc(-c2ccc(C(O)CO)cc2)o1.[HH].[HH].[HH]. The predicted molar refractivity (Wildman–Crippen MR) is 127 cm³/mol. The van der Waals surface area contributed by atoms with E-state index in [-0.39, 0.29) is 22.7 Å². The molecule has 4 aromatic rings. The van der Waals surface area contributed by atoms with Gasteiger partial charge in [-0.1, -0.05) is 24.3 Å². The average Bonchev–Trinajstić information content (AvgIpc) is 3.33. The second-order valence-corrected chi connectivity index (χ2v) is 7.70. The smallest absolute Gasteiger partial charge is 0.268 e. The first-order chi connectivity index (χ1) is 15.9. The van der Waals surface area contributed by atoms with Crippen molar-refractivity contribution in [3.05, 3.63) is 71.5 Å². The van der Waals surface area contributed by atoms with E-state index >= 15 is 0 Å². The molecule has 33 heavy (non-hydrogen) atoms. The van der Waals surface area contributed by atoms with E-state index in [4.69, 9.17) is 9.52 Å². The van der Waals surface area contributed by atoms with Gasteiger partial charge in [0.1, 0.15) is 11.8 Å². The van der Waals surface area contributed by atoms with Crippen molar-refractivity contribution >= 4 is 5.91 Å². The van der Waals surface area contributed by atoms with Gasteiger partial charge in [0.15, 0.2) is 0 Å². The number of nitrogens with zero attached hydrogens (tertiary/aromatic N) is 5. The Balaban J connectivity index is 0.00000216. The van der Waals surface area contributed by atoms with Gasteiger partial charge in [-0.05, 0) is 36.8 Å². The molecular weight excluding hydrogens is 422 g/mol. The Kier molecular flexibility index (Phi) is 6.25. The molecule has 0 fully saturated rings. The molecule has 174 valence electrons. The van der Waals surface area contributed by atoms with Crippen LogP contribution in [0.1, 0.15) is 32.0 Å². The lowest BCUT2D eigenvalue weighted by Gasteiger charge is -2.10. The maximum atomic E-state index is 12.1. The Morgan fingerprint density at radius 1 is 1.03 bits per heavy atom. The van der Waals surface area contributed by atoms with Crippen LogP contribution in [-0.4, -0.2) is 61.9 Å². The molecule has 9 heteroatoms.